The van der Waals surface area contributed by atoms with Gasteiger partial charge in [-0.2, -0.15) is 5.26 Å². The third-order valence-electron chi connectivity index (χ3n) is 10.6. The summed E-state index contributed by atoms with van der Waals surface area (Å²) < 4.78 is 42.1. The summed E-state index contributed by atoms with van der Waals surface area (Å²) in [7, 11) is 8.99. The Hall–Kier alpha value is -3.74. The standard InChI is InChI=1S/C35H42N4O9S/c1-16-9-19-10-20-21(11-36)39-22-12-44-35(41)23(37(4)5)13-49-34(26-25(22)33-31(46-15-47-33)17(2)30(26)48-18(3)40)28(39)27(38(20)6)24(19)32(29(16)43-8)45-14-42-7/h9,20-23,27-28,34H,10,12-15H2,1-8H3/t20-,21+,22-,23+,27-,28?,34-/m1/s1. The second-order valence-corrected chi connectivity index (χ2v) is 14.6. The number of benzene rings is 2. The number of methoxy groups -OCH3 is 2. The highest BCUT2D eigenvalue weighted by molar-refractivity contribution is 7.99. The van der Waals surface area contributed by atoms with Crippen LogP contribution in [0, 0.1) is 25.2 Å². The molecule has 0 saturated carbocycles. The lowest BCUT2D eigenvalue weighted by Crippen LogP contribution is -2.69. The zero-order valence-electron chi connectivity index (χ0n) is 29.0. The maximum atomic E-state index is 13.6. The first-order valence-electron chi connectivity index (χ1n) is 16.3. The average Bonchev–Trinajstić information content (AvgIpc) is 3.55. The summed E-state index contributed by atoms with van der Waals surface area (Å²) in [6.07, 6.45) is 0.585. The van der Waals surface area contributed by atoms with Crippen LogP contribution in [-0.2, 0) is 25.5 Å². The summed E-state index contributed by atoms with van der Waals surface area (Å²) in [5, 5.41) is 10.6. The van der Waals surface area contributed by atoms with Crippen LogP contribution < -0.4 is 23.7 Å². The number of thioether (sulfide) groups is 1. The molecule has 7 rings (SSSR count). The number of carbonyl (C=O) groups excluding carboxylic acids is 2. The molecule has 2 aromatic carbocycles. The van der Waals surface area contributed by atoms with Crippen LogP contribution in [0.3, 0.4) is 0 Å². The zero-order chi connectivity index (χ0) is 34.9. The Morgan fingerprint density at radius 1 is 1.10 bits per heavy atom. The summed E-state index contributed by atoms with van der Waals surface area (Å²) in [6, 6.07) is 2.18. The van der Waals surface area contributed by atoms with Crippen molar-refractivity contribution in [2.75, 3.05) is 61.3 Å². The molecule has 7 atom stereocenters. The quantitative estimate of drug-likeness (QED) is 0.248. The first-order chi connectivity index (χ1) is 23.5. The topological polar surface area (TPSA) is 132 Å². The van der Waals surface area contributed by atoms with Crippen LogP contribution in [0.2, 0.25) is 0 Å². The molecule has 49 heavy (non-hydrogen) atoms. The van der Waals surface area contributed by atoms with Crippen molar-refractivity contribution in [1.82, 2.24) is 14.7 Å². The van der Waals surface area contributed by atoms with E-state index in [0.29, 0.717) is 46.5 Å². The number of likely N-dealkylation sites (N-methyl/N-ethyl adjacent to an activating group) is 2. The van der Waals surface area contributed by atoms with E-state index < -0.39 is 29.3 Å². The molecule has 0 spiro atoms. The van der Waals surface area contributed by atoms with E-state index in [4.69, 9.17) is 33.2 Å². The van der Waals surface area contributed by atoms with Gasteiger partial charge in [-0.25, -0.2) is 0 Å². The normalized spacial score (nSPS) is 28.6. The van der Waals surface area contributed by atoms with E-state index in [1.165, 1.54) is 6.92 Å². The van der Waals surface area contributed by atoms with Gasteiger partial charge >= 0.3 is 11.9 Å². The lowest BCUT2D eigenvalue weighted by Gasteiger charge is -2.62. The smallest absolute Gasteiger partial charge is 0.324 e. The van der Waals surface area contributed by atoms with E-state index in [1.807, 2.05) is 32.8 Å². The van der Waals surface area contributed by atoms with Crippen molar-refractivity contribution in [2.24, 2.45) is 0 Å². The molecule has 0 aliphatic carbocycles. The molecule has 5 aliphatic heterocycles. The van der Waals surface area contributed by atoms with Crippen LogP contribution in [0.1, 0.15) is 57.6 Å². The van der Waals surface area contributed by atoms with E-state index >= 15 is 0 Å². The average molecular weight is 695 g/mol. The highest BCUT2D eigenvalue weighted by Gasteiger charge is 2.61. The summed E-state index contributed by atoms with van der Waals surface area (Å²) in [5.41, 5.74) is 5.13. The fraction of sp³-hybridized carbons (Fsp3) is 0.571. The van der Waals surface area contributed by atoms with Gasteiger partial charge in [-0.3, -0.25) is 24.3 Å². The molecule has 0 aromatic heterocycles. The number of carbonyl (C=O) groups is 2. The molecule has 2 aromatic rings. The molecule has 0 amide bonds. The minimum Gasteiger partial charge on any atom is -0.493 e. The van der Waals surface area contributed by atoms with Gasteiger partial charge < -0.3 is 33.2 Å². The van der Waals surface area contributed by atoms with E-state index in [9.17, 15) is 14.9 Å². The van der Waals surface area contributed by atoms with Crippen LogP contribution in [-0.4, -0.2) is 112 Å². The van der Waals surface area contributed by atoms with Gasteiger partial charge in [0.2, 0.25) is 6.79 Å². The monoisotopic (exact) mass is 694 g/mol. The number of hydrogen-bond acceptors (Lipinski definition) is 14. The third kappa shape index (κ3) is 5.12. The number of piperazine rings is 1. The molecular formula is C35H42N4O9S. The molecule has 0 N–H and O–H groups in total. The third-order valence-corrected chi connectivity index (χ3v) is 11.9. The highest BCUT2D eigenvalue weighted by atomic mass is 32.2. The molecule has 14 heteroatoms. The predicted molar refractivity (Wildman–Crippen MR) is 178 cm³/mol. The SMILES string of the molecule is COCOc1c(OC)c(C)cc2c1[C@@H]1C3[C@@H]4SC[C@H](N(C)C)C(=O)OC[C@H](c5c6c(c(C)c(OC(C)=O)c54)OCO6)N3[C@@H](C#N)[C@@H](C2)N1C. The van der Waals surface area contributed by atoms with Crippen LogP contribution in [0.5, 0.6) is 28.7 Å². The van der Waals surface area contributed by atoms with E-state index in [2.05, 4.69) is 29.0 Å². The Kier molecular flexibility index (Phi) is 8.85. The number of fused-ring (bicyclic) bond motifs is 9. The Balaban J connectivity index is 1.55. The van der Waals surface area contributed by atoms with E-state index in [-0.39, 0.29) is 44.3 Å². The van der Waals surface area contributed by atoms with Crippen molar-refractivity contribution in [3.63, 3.8) is 0 Å². The minimum atomic E-state index is -0.618. The second-order valence-electron chi connectivity index (χ2n) is 13.4. The molecule has 5 heterocycles. The van der Waals surface area contributed by atoms with Crippen LogP contribution in [0.25, 0.3) is 0 Å². The fourth-order valence-electron chi connectivity index (χ4n) is 8.56. The summed E-state index contributed by atoms with van der Waals surface area (Å²) in [6.45, 7) is 5.21. The summed E-state index contributed by atoms with van der Waals surface area (Å²) in [4.78, 5) is 32.7. The molecule has 1 unspecified atom stereocenters. The van der Waals surface area contributed by atoms with Crippen LogP contribution in [0.15, 0.2) is 6.07 Å². The molecule has 2 fully saturated rings. The van der Waals surface area contributed by atoms with Crippen molar-refractivity contribution in [2.45, 2.75) is 68.7 Å². The highest BCUT2D eigenvalue weighted by Crippen LogP contribution is 2.64. The Morgan fingerprint density at radius 3 is 2.53 bits per heavy atom. The molecule has 0 radical (unpaired) electrons. The van der Waals surface area contributed by atoms with E-state index in [1.54, 1.807) is 26.0 Å². The first-order valence-corrected chi connectivity index (χ1v) is 17.4. The number of rotatable bonds is 6. The summed E-state index contributed by atoms with van der Waals surface area (Å²) >= 11 is 1.59. The first kappa shape index (κ1) is 33.7. The zero-order valence-corrected chi connectivity index (χ0v) is 29.8. The van der Waals surface area contributed by atoms with Crippen molar-refractivity contribution >= 4 is 23.7 Å². The van der Waals surface area contributed by atoms with Gasteiger partial charge in [0.15, 0.2) is 29.8 Å². The van der Waals surface area contributed by atoms with Gasteiger partial charge in [-0.05, 0) is 52.5 Å². The number of hydrogen-bond donors (Lipinski definition) is 0. The van der Waals surface area contributed by atoms with Crippen molar-refractivity contribution in [1.29, 1.82) is 5.26 Å². The van der Waals surface area contributed by atoms with Crippen LogP contribution >= 0.6 is 11.8 Å². The van der Waals surface area contributed by atoms with Gasteiger partial charge in [0.05, 0.1) is 30.5 Å². The molecular weight excluding hydrogens is 652 g/mol. The second kappa shape index (κ2) is 12.9. The molecule has 2 saturated heterocycles. The number of esters is 2. The number of nitriles is 1. The van der Waals surface area contributed by atoms with E-state index in [0.717, 1.165) is 27.8 Å². The maximum Gasteiger partial charge on any atom is 0.324 e. The number of nitrogens with zero attached hydrogens (tertiary/aromatic N) is 4. The number of cyclic esters (lactones) is 1. The molecule has 4 bridgehead atoms. The number of ether oxygens (including phenoxy) is 7. The lowest BCUT2D eigenvalue weighted by atomic mass is 9.71. The minimum absolute atomic E-state index is 0.00896. The Bertz CT molecular complexity index is 1740. The fourth-order valence-corrected chi connectivity index (χ4v) is 10.3. The van der Waals surface area contributed by atoms with Gasteiger partial charge in [0.1, 0.15) is 24.4 Å². The van der Waals surface area contributed by atoms with Gasteiger partial charge in [0, 0.05) is 54.1 Å². The molecule has 13 nitrogen and oxygen atoms in total. The summed E-state index contributed by atoms with van der Waals surface area (Å²) in [5.74, 6) is 2.22. The molecule has 5 aliphatic rings. The van der Waals surface area contributed by atoms with Crippen LogP contribution in [0.4, 0.5) is 0 Å². The predicted octanol–water partition coefficient (Wildman–Crippen LogP) is 3.44. The largest absolute Gasteiger partial charge is 0.493 e. The van der Waals surface area contributed by atoms with Crippen molar-refractivity contribution in [3.8, 4) is 34.8 Å². The van der Waals surface area contributed by atoms with Crippen molar-refractivity contribution in [3.05, 3.63) is 39.4 Å². The van der Waals surface area contributed by atoms with Gasteiger partial charge in [0.25, 0.3) is 0 Å². The lowest BCUT2D eigenvalue weighted by molar-refractivity contribution is -0.154. The maximum absolute atomic E-state index is 13.6. The van der Waals surface area contributed by atoms with Gasteiger partial charge in [-0.1, -0.05) is 6.07 Å². The Labute approximate surface area is 290 Å². The van der Waals surface area contributed by atoms with Gasteiger partial charge in [-0.15, -0.1) is 11.8 Å². The Morgan fingerprint density at radius 2 is 1.86 bits per heavy atom. The van der Waals surface area contributed by atoms with Crippen molar-refractivity contribution < 1.29 is 42.7 Å². The molecule has 262 valence electrons. The number of aryl methyl sites for hydroxylation is 1.